The molecule has 1 unspecified atom stereocenters. The minimum Gasteiger partial charge on any atom is -0.488 e. The van der Waals surface area contributed by atoms with Crippen molar-refractivity contribution < 1.29 is 9.84 Å². The summed E-state index contributed by atoms with van der Waals surface area (Å²) in [7, 11) is 0. The van der Waals surface area contributed by atoms with Crippen molar-refractivity contribution in [2.75, 3.05) is 24.6 Å². The minimum atomic E-state index is -0.686. The van der Waals surface area contributed by atoms with Gasteiger partial charge in [-0.3, -0.25) is 15.1 Å². The van der Waals surface area contributed by atoms with Gasteiger partial charge in [0.05, 0.1) is 40.4 Å². The van der Waals surface area contributed by atoms with E-state index in [1.807, 2.05) is 30.2 Å². The minimum absolute atomic E-state index is 0.166. The Morgan fingerprint density at radius 2 is 2.35 bits per heavy atom. The number of nitrogens with zero attached hydrogens (tertiary/aromatic N) is 4. The van der Waals surface area contributed by atoms with Gasteiger partial charge in [0.1, 0.15) is 12.8 Å². The molecule has 0 amide bonds. The van der Waals surface area contributed by atoms with Crippen molar-refractivity contribution in [1.82, 2.24) is 25.3 Å². The lowest BCUT2D eigenvalue weighted by Gasteiger charge is -2.37. The lowest BCUT2D eigenvalue weighted by atomic mass is 10.1. The maximum atomic E-state index is 10.6. The highest BCUT2D eigenvalue weighted by Gasteiger charge is 2.38. The van der Waals surface area contributed by atoms with Gasteiger partial charge in [0.15, 0.2) is 5.75 Å². The Kier molecular flexibility index (Phi) is 3.73. The summed E-state index contributed by atoms with van der Waals surface area (Å²) in [5.74, 6) is 0.849. The number of aliphatic hydroxyl groups is 1. The van der Waals surface area contributed by atoms with Crippen LogP contribution in [0.4, 0.5) is 5.69 Å². The normalized spacial score (nSPS) is 22.0. The van der Waals surface area contributed by atoms with Crippen LogP contribution in [-0.4, -0.2) is 50.8 Å². The Morgan fingerprint density at radius 1 is 1.42 bits per heavy atom. The molecule has 136 valence electrons. The molecule has 3 aromatic rings. The Balaban J connectivity index is 1.56. The van der Waals surface area contributed by atoms with Crippen LogP contribution in [0.15, 0.2) is 24.8 Å². The number of nitrogens with one attached hydrogen (secondary N) is 2. The summed E-state index contributed by atoms with van der Waals surface area (Å²) in [6.07, 6.45) is 6.87. The molecule has 5 heterocycles. The monoisotopic (exact) mass is 372 g/mol. The van der Waals surface area contributed by atoms with Crippen molar-refractivity contribution in [2.45, 2.75) is 25.7 Å². The van der Waals surface area contributed by atoms with E-state index >= 15 is 0 Å². The molecule has 0 saturated heterocycles. The summed E-state index contributed by atoms with van der Waals surface area (Å²) >= 11 is 1.56. The van der Waals surface area contributed by atoms with Gasteiger partial charge in [0.25, 0.3) is 0 Å². The third-order valence-corrected chi connectivity index (χ3v) is 6.14. The highest BCUT2D eigenvalue weighted by atomic mass is 32.1. The van der Waals surface area contributed by atoms with Crippen LogP contribution in [0.2, 0.25) is 0 Å². The van der Waals surface area contributed by atoms with Crippen LogP contribution in [0.25, 0.3) is 10.4 Å². The van der Waals surface area contributed by atoms with Gasteiger partial charge in [-0.25, -0.2) is 0 Å². The molecular formula is C17H20N6O2S. The van der Waals surface area contributed by atoms with E-state index in [0.717, 1.165) is 52.0 Å². The van der Waals surface area contributed by atoms with Crippen LogP contribution in [0.1, 0.15) is 16.7 Å². The van der Waals surface area contributed by atoms with Gasteiger partial charge in [0, 0.05) is 31.0 Å². The molecule has 26 heavy (non-hydrogen) atoms. The van der Waals surface area contributed by atoms with Gasteiger partial charge in [-0.05, 0) is 12.5 Å². The SMILES string of the molecule is Cc1cnn(C[C@H]2COc3c(-c4cn[nH]c4)sc4c3N2CCNC4O)c1. The van der Waals surface area contributed by atoms with E-state index in [9.17, 15) is 5.11 Å². The van der Waals surface area contributed by atoms with E-state index in [-0.39, 0.29) is 6.04 Å². The number of rotatable bonds is 3. The molecular weight excluding hydrogens is 352 g/mol. The molecule has 8 nitrogen and oxygen atoms in total. The number of hydrogen-bond acceptors (Lipinski definition) is 7. The van der Waals surface area contributed by atoms with Gasteiger partial charge in [-0.1, -0.05) is 0 Å². The number of hydrogen-bond donors (Lipinski definition) is 3. The van der Waals surface area contributed by atoms with Crippen LogP contribution < -0.4 is 15.0 Å². The third kappa shape index (κ3) is 2.51. The van der Waals surface area contributed by atoms with Gasteiger partial charge < -0.3 is 14.7 Å². The maximum absolute atomic E-state index is 10.6. The molecule has 0 radical (unpaired) electrons. The predicted octanol–water partition coefficient (Wildman–Crippen LogP) is 1.50. The van der Waals surface area contributed by atoms with E-state index in [0.29, 0.717) is 6.61 Å². The van der Waals surface area contributed by atoms with Crippen molar-refractivity contribution in [3.8, 4) is 16.2 Å². The number of aliphatic hydroxyl groups excluding tert-OH is 1. The summed E-state index contributed by atoms with van der Waals surface area (Å²) in [6, 6.07) is 0.166. The molecule has 2 aliphatic heterocycles. The van der Waals surface area contributed by atoms with E-state index in [2.05, 4.69) is 25.5 Å². The molecule has 0 aliphatic carbocycles. The molecule has 0 bridgehead atoms. The first-order chi connectivity index (χ1) is 12.7. The van der Waals surface area contributed by atoms with Crippen LogP contribution in [0.3, 0.4) is 0 Å². The first-order valence-corrected chi connectivity index (χ1v) is 9.48. The largest absolute Gasteiger partial charge is 0.488 e. The number of anilines is 1. The third-order valence-electron chi connectivity index (χ3n) is 4.87. The summed E-state index contributed by atoms with van der Waals surface area (Å²) in [5, 5.41) is 25.1. The molecule has 2 aliphatic rings. The molecule has 2 atom stereocenters. The van der Waals surface area contributed by atoms with Crippen LogP contribution in [0.5, 0.6) is 5.75 Å². The zero-order chi connectivity index (χ0) is 17.7. The molecule has 9 heteroatoms. The molecule has 0 aromatic carbocycles. The highest BCUT2D eigenvalue weighted by molar-refractivity contribution is 7.16. The van der Waals surface area contributed by atoms with E-state index in [1.54, 1.807) is 17.5 Å². The summed E-state index contributed by atoms with van der Waals surface area (Å²) < 4.78 is 8.17. The first kappa shape index (κ1) is 15.9. The zero-order valence-electron chi connectivity index (χ0n) is 14.3. The average Bonchev–Trinajstić information content (AvgIpc) is 3.33. The van der Waals surface area contributed by atoms with Crippen LogP contribution >= 0.6 is 11.3 Å². The summed E-state index contributed by atoms with van der Waals surface area (Å²) in [4.78, 5) is 4.26. The van der Waals surface area contributed by atoms with Crippen LogP contribution in [-0.2, 0) is 6.54 Å². The standard InChI is InChI=1S/C17H20N6O2S/c1-10-4-21-22(7-10)8-12-9-25-14-13-16(17(24)18-2-3-23(12)13)26-15(14)11-5-19-20-6-11/h4-7,12,17-18,24H,2-3,8-9H2,1H3,(H,19,20)/t12-,17?/m0/s1. The van der Waals surface area contributed by atoms with Gasteiger partial charge in [-0.2, -0.15) is 10.2 Å². The molecule has 5 rings (SSSR count). The second-order valence-electron chi connectivity index (χ2n) is 6.71. The van der Waals surface area contributed by atoms with Crippen LogP contribution in [0, 0.1) is 6.92 Å². The highest BCUT2D eigenvalue weighted by Crippen LogP contribution is 2.52. The topological polar surface area (TPSA) is 91.2 Å². The van der Waals surface area contributed by atoms with Crippen molar-refractivity contribution in [3.63, 3.8) is 0 Å². The molecule has 0 saturated carbocycles. The van der Waals surface area contributed by atoms with E-state index in [4.69, 9.17) is 4.74 Å². The summed E-state index contributed by atoms with van der Waals surface area (Å²) in [6.45, 7) is 4.91. The van der Waals surface area contributed by atoms with Crippen molar-refractivity contribution >= 4 is 17.0 Å². The Hall–Kier alpha value is -2.36. The number of thiophene rings is 1. The van der Waals surface area contributed by atoms with Crippen molar-refractivity contribution in [3.05, 3.63) is 35.2 Å². The fraction of sp³-hybridized carbons (Fsp3) is 0.412. The van der Waals surface area contributed by atoms with Crippen molar-refractivity contribution in [2.24, 2.45) is 0 Å². The molecule has 3 aromatic heterocycles. The fourth-order valence-electron chi connectivity index (χ4n) is 3.68. The predicted molar refractivity (Wildman–Crippen MR) is 98.5 cm³/mol. The van der Waals surface area contributed by atoms with Gasteiger partial charge >= 0.3 is 0 Å². The first-order valence-electron chi connectivity index (χ1n) is 8.66. The number of H-pyrrole nitrogens is 1. The second kappa shape index (κ2) is 6.11. The molecule has 3 N–H and O–H groups in total. The number of aryl methyl sites for hydroxylation is 1. The van der Waals surface area contributed by atoms with E-state index in [1.165, 1.54) is 0 Å². The Morgan fingerprint density at radius 3 is 3.12 bits per heavy atom. The molecule has 0 fully saturated rings. The number of aromatic nitrogens is 4. The smallest absolute Gasteiger partial charge is 0.161 e. The molecule has 0 spiro atoms. The number of aromatic amines is 1. The maximum Gasteiger partial charge on any atom is 0.161 e. The second-order valence-corrected chi connectivity index (χ2v) is 7.77. The lowest BCUT2D eigenvalue weighted by molar-refractivity contribution is 0.147. The van der Waals surface area contributed by atoms with E-state index < -0.39 is 6.23 Å². The average molecular weight is 372 g/mol. The zero-order valence-corrected chi connectivity index (χ0v) is 15.2. The Labute approximate surface area is 154 Å². The van der Waals surface area contributed by atoms with Gasteiger partial charge in [-0.15, -0.1) is 11.3 Å². The quantitative estimate of drug-likeness (QED) is 0.646. The van der Waals surface area contributed by atoms with Gasteiger partial charge in [0.2, 0.25) is 0 Å². The fourth-order valence-corrected chi connectivity index (χ4v) is 4.87. The Bertz CT molecular complexity index is 918. The lowest BCUT2D eigenvalue weighted by Crippen LogP contribution is -2.47. The number of ether oxygens (including phenoxy) is 1. The van der Waals surface area contributed by atoms with Crippen molar-refractivity contribution in [1.29, 1.82) is 0 Å². The summed E-state index contributed by atoms with van der Waals surface area (Å²) in [5.41, 5.74) is 3.13.